The van der Waals surface area contributed by atoms with Crippen molar-refractivity contribution in [2.45, 2.75) is 25.4 Å². The van der Waals surface area contributed by atoms with Crippen molar-refractivity contribution in [3.8, 4) is 5.75 Å². The largest absolute Gasteiger partial charge is 0.497 e. The number of hydrogen-bond donors (Lipinski definition) is 3. The summed E-state index contributed by atoms with van der Waals surface area (Å²) in [7, 11) is 1.50. The Balaban J connectivity index is 2.04. The fourth-order valence-electron chi connectivity index (χ4n) is 3.82. The molecule has 1 atom stereocenters. The smallest absolute Gasteiger partial charge is 0.325 e. The monoisotopic (exact) mass is 390 g/mol. The Morgan fingerprint density at radius 1 is 1.18 bits per heavy atom. The summed E-state index contributed by atoms with van der Waals surface area (Å²) in [5.41, 5.74) is 1.07. The molecule has 9 heteroatoms. The summed E-state index contributed by atoms with van der Waals surface area (Å²) in [6, 6.07) is 4.09. The fraction of sp³-hybridized carbons (Fsp3) is 0.421. The lowest BCUT2D eigenvalue weighted by Gasteiger charge is -2.34. The molecule has 0 unspecified atom stereocenters. The molecular weight excluding hydrogens is 368 g/mol. The summed E-state index contributed by atoms with van der Waals surface area (Å²) in [6.45, 7) is 0.378. The zero-order valence-corrected chi connectivity index (χ0v) is 15.4. The highest BCUT2D eigenvalue weighted by Crippen LogP contribution is 2.35. The molecule has 2 heterocycles. The highest BCUT2D eigenvalue weighted by Gasteiger charge is 2.35. The molecule has 0 saturated carbocycles. The van der Waals surface area contributed by atoms with Crippen LogP contribution in [0.3, 0.4) is 0 Å². The number of nitrogens with zero attached hydrogens (tertiary/aromatic N) is 2. The maximum absolute atomic E-state index is 12.1. The number of methoxy groups -OCH3 is 1. The standard InChI is InChI=1S/C19H22N2O7/c1-28-12-2-3-15-13(8-12)14(9-21(15)10-16(22)23)17(19(26)27)20-6-4-11(5-7-20)18(24)25/h2-3,8-9,11,17H,4-7,10H2,1H3,(H,22,23)(H,24,25)(H,26,27)/t17-/m1/s1. The fourth-order valence-corrected chi connectivity index (χ4v) is 3.82. The number of likely N-dealkylation sites (tertiary alicyclic amines) is 1. The lowest BCUT2D eigenvalue weighted by atomic mass is 9.94. The van der Waals surface area contributed by atoms with Crippen molar-refractivity contribution in [2.75, 3.05) is 20.2 Å². The van der Waals surface area contributed by atoms with Crippen LogP contribution < -0.4 is 4.74 Å². The molecule has 0 bridgehead atoms. The number of benzene rings is 1. The first kappa shape index (κ1) is 19.7. The van der Waals surface area contributed by atoms with Gasteiger partial charge in [0.2, 0.25) is 0 Å². The van der Waals surface area contributed by atoms with Crippen molar-refractivity contribution >= 4 is 28.8 Å². The van der Waals surface area contributed by atoms with E-state index in [1.165, 1.54) is 11.7 Å². The molecule has 0 spiro atoms. The van der Waals surface area contributed by atoms with E-state index >= 15 is 0 Å². The SMILES string of the molecule is COc1ccc2c(c1)c([C@H](C(=O)O)N1CCC(C(=O)O)CC1)cn2CC(=O)O. The van der Waals surface area contributed by atoms with Crippen LogP contribution in [-0.2, 0) is 20.9 Å². The van der Waals surface area contributed by atoms with Crippen molar-refractivity contribution < 1.29 is 34.4 Å². The summed E-state index contributed by atoms with van der Waals surface area (Å²) in [5.74, 6) is -2.90. The van der Waals surface area contributed by atoms with E-state index in [1.807, 2.05) is 0 Å². The van der Waals surface area contributed by atoms with Gasteiger partial charge >= 0.3 is 17.9 Å². The molecule has 0 radical (unpaired) electrons. The molecule has 1 aliphatic rings. The quantitative estimate of drug-likeness (QED) is 0.651. The molecule has 1 aliphatic heterocycles. The van der Waals surface area contributed by atoms with E-state index in [2.05, 4.69) is 0 Å². The third-order valence-electron chi connectivity index (χ3n) is 5.20. The van der Waals surface area contributed by atoms with E-state index in [0.717, 1.165) is 0 Å². The maximum atomic E-state index is 12.1. The number of ether oxygens (including phenoxy) is 1. The lowest BCUT2D eigenvalue weighted by Crippen LogP contribution is -2.41. The Morgan fingerprint density at radius 2 is 1.86 bits per heavy atom. The van der Waals surface area contributed by atoms with Gasteiger partial charge in [-0.1, -0.05) is 0 Å². The van der Waals surface area contributed by atoms with Crippen molar-refractivity contribution in [1.82, 2.24) is 9.47 Å². The molecule has 28 heavy (non-hydrogen) atoms. The minimum Gasteiger partial charge on any atom is -0.497 e. The zero-order valence-electron chi connectivity index (χ0n) is 15.4. The molecule has 3 N–H and O–H groups in total. The number of hydrogen-bond acceptors (Lipinski definition) is 5. The van der Waals surface area contributed by atoms with Crippen LogP contribution in [0.4, 0.5) is 0 Å². The van der Waals surface area contributed by atoms with Gasteiger partial charge in [-0.2, -0.15) is 0 Å². The molecule has 0 aliphatic carbocycles. The molecule has 9 nitrogen and oxygen atoms in total. The maximum Gasteiger partial charge on any atom is 0.325 e. The summed E-state index contributed by atoms with van der Waals surface area (Å²) < 4.78 is 6.75. The number of carboxylic acids is 3. The van der Waals surface area contributed by atoms with Gasteiger partial charge in [0.25, 0.3) is 0 Å². The van der Waals surface area contributed by atoms with Gasteiger partial charge in [0.15, 0.2) is 0 Å². The number of aromatic nitrogens is 1. The van der Waals surface area contributed by atoms with Gasteiger partial charge in [-0.3, -0.25) is 19.3 Å². The van der Waals surface area contributed by atoms with Crippen LogP contribution in [0.1, 0.15) is 24.4 Å². The normalized spacial score (nSPS) is 16.8. The Labute approximate surface area is 160 Å². The minimum atomic E-state index is -1.06. The minimum absolute atomic E-state index is 0.295. The third-order valence-corrected chi connectivity index (χ3v) is 5.20. The number of carbonyl (C=O) groups is 3. The molecule has 0 amide bonds. The summed E-state index contributed by atoms with van der Waals surface area (Å²) in [5, 5.41) is 28.9. The van der Waals surface area contributed by atoms with Crippen LogP contribution in [-0.4, -0.2) is 62.9 Å². The highest BCUT2D eigenvalue weighted by molar-refractivity contribution is 5.91. The number of fused-ring (bicyclic) bond motifs is 1. The third kappa shape index (κ3) is 3.79. The zero-order chi connectivity index (χ0) is 20.4. The van der Waals surface area contributed by atoms with Gasteiger partial charge in [0.05, 0.1) is 13.0 Å². The van der Waals surface area contributed by atoms with Gasteiger partial charge < -0.3 is 24.6 Å². The molecule has 150 valence electrons. The molecule has 1 aromatic carbocycles. The van der Waals surface area contributed by atoms with E-state index in [1.54, 1.807) is 29.3 Å². The van der Waals surface area contributed by atoms with Crippen LogP contribution in [0, 0.1) is 5.92 Å². The first-order valence-corrected chi connectivity index (χ1v) is 8.90. The van der Waals surface area contributed by atoms with Gasteiger partial charge in [-0.15, -0.1) is 0 Å². The Bertz CT molecular complexity index is 912. The number of rotatable bonds is 7. The van der Waals surface area contributed by atoms with E-state index < -0.39 is 29.9 Å². The second-order valence-corrected chi connectivity index (χ2v) is 6.88. The van der Waals surface area contributed by atoms with Crippen molar-refractivity contribution in [3.05, 3.63) is 30.0 Å². The second kappa shape index (κ2) is 7.89. The molecule has 1 fully saturated rings. The van der Waals surface area contributed by atoms with E-state index in [9.17, 15) is 24.6 Å². The lowest BCUT2D eigenvalue weighted by molar-refractivity contribution is -0.146. The average Bonchev–Trinajstić information content (AvgIpc) is 2.98. The van der Waals surface area contributed by atoms with E-state index in [4.69, 9.17) is 9.84 Å². The first-order chi connectivity index (χ1) is 13.3. The van der Waals surface area contributed by atoms with Gasteiger partial charge in [-0.25, -0.2) is 0 Å². The summed E-state index contributed by atoms with van der Waals surface area (Å²) in [4.78, 5) is 36.3. The molecular formula is C19H22N2O7. The van der Waals surface area contributed by atoms with Crippen molar-refractivity contribution in [3.63, 3.8) is 0 Å². The predicted molar refractivity (Wildman–Crippen MR) is 98.4 cm³/mol. The van der Waals surface area contributed by atoms with E-state index in [0.29, 0.717) is 48.1 Å². The van der Waals surface area contributed by atoms with E-state index in [-0.39, 0.29) is 6.54 Å². The van der Waals surface area contributed by atoms with Crippen LogP contribution >= 0.6 is 0 Å². The van der Waals surface area contributed by atoms with Crippen molar-refractivity contribution in [2.24, 2.45) is 5.92 Å². The van der Waals surface area contributed by atoms with Crippen LogP contribution in [0.25, 0.3) is 10.9 Å². The number of aliphatic carboxylic acids is 3. The highest BCUT2D eigenvalue weighted by atomic mass is 16.5. The molecule has 1 aromatic heterocycles. The Hall–Kier alpha value is -3.07. The first-order valence-electron chi connectivity index (χ1n) is 8.90. The van der Waals surface area contributed by atoms with Crippen LogP contribution in [0.5, 0.6) is 5.75 Å². The summed E-state index contributed by atoms with van der Waals surface area (Å²) in [6.07, 6.45) is 2.30. The molecule has 3 rings (SSSR count). The number of carboxylic acid groups (broad SMARTS) is 3. The topological polar surface area (TPSA) is 129 Å². The average molecular weight is 390 g/mol. The Kier molecular flexibility index (Phi) is 5.55. The number of piperidine rings is 1. The molecule has 1 saturated heterocycles. The molecule has 2 aromatic rings. The van der Waals surface area contributed by atoms with Crippen LogP contribution in [0.2, 0.25) is 0 Å². The second-order valence-electron chi connectivity index (χ2n) is 6.88. The summed E-state index contributed by atoms with van der Waals surface area (Å²) >= 11 is 0. The van der Waals surface area contributed by atoms with Gasteiger partial charge in [0, 0.05) is 35.8 Å². The van der Waals surface area contributed by atoms with Gasteiger partial charge in [-0.05, 0) is 31.0 Å². The van der Waals surface area contributed by atoms with Crippen molar-refractivity contribution in [1.29, 1.82) is 0 Å². The van der Waals surface area contributed by atoms with Crippen LogP contribution in [0.15, 0.2) is 24.4 Å². The predicted octanol–water partition coefficient (Wildman–Crippen LogP) is 1.66. The Morgan fingerprint density at radius 3 is 2.39 bits per heavy atom. The van der Waals surface area contributed by atoms with Gasteiger partial charge in [0.1, 0.15) is 18.3 Å².